The van der Waals surface area contributed by atoms with Gasteiger partial charge >= 0.3 is 5.69 Å². The molecule has 4 aromatic rings. The first kappa shape index (κ1) is 17.9. The van der Waals surface area contributed by atoms with Crippen LogP contribution in [0.1, 0.15) is 29.1 Å². The second-order valence-electron chi connectivity index (χ2n) is 6.87. The molecule has 0 unspecified atom stereocenters. The molecule has 142 valence electrons. The van der Waals surface area contributed by atoms with Crippen molar-refractivity contribution in [1.29, 1.82) is 0 Å². The van der Waals surface area contributed by atoms with Gasteiger partial charge in [0.25, 0.3) is 0 Å². The van der Waals surface area contributed by atoms with E-state index in [1.807, 2.05) is 18.3 Å². The molecule has 4 rings (SSSR count). The lowest BCUT2D eigenvalue weighted by molar-refractivity contribution is 0.750. The molecule has 3 N–H and O–H groups in total. The fraction of sp³-hybridized carbons (Fsp3) is 0.238. The minimum Gasteiger partial charge on any atom is -0.382 e. The van der Waals surface area contributed by atoms with Crippen LogP contribution in [0.4, 0.5) is 5.82 Å². The van der Waals surface area contributed by atoms with Gasteiger partial charge in [0.2, 0.25) is 0 Å². The highest BCUT2D eigenvalue weighted by molar-refractivity contribution is 5.81. The van der Waals surface area contributed by atoms with Gasteiger partial charge in [-0.15, -0.1) is 0 Å². The van der Waals surface area contributed by atoms with Crippen LogP contribution < -0.4 is 11.4 Å². The van der Waals surface area contributed by atoms with Gasteiger partial charge in [0, 0.05) is 6.20 Å². The van der Waals surface area contributed by atoms with E-state index in [0.717, 1.165) is 25.0 Å². The van der Waals surface area contributed by atoms with E-state index in [9.17, 15) is 4.79 Å². The number of nitrogen functional groups attached to an aromatic ring is 1. The van der Waals surface area contributed by atoms with Crippen molar-refractivity contribution in [3.05, 3.63) is 81.8 Å². The number of anilines is 1. The van der Waals surface area contributed by atoms with Crippen molar-refractivity contribution in [2.75, 3.05) is 5.73 Å². The van der Waals surface area contributed by atoms with E-state index in [1.54, 1.807) is 6.92 Å². The van der Waals surface area contributed by atoms with Crippen molar-refractivity contribution < 1.29 is 0 Å². The van der Waals surface area contributed by atoms with Gasteiger partial charge in [-0.3, -0.25) is 9.55 Å². The molecule has 28 heavy (non-hydrogen) atoms. The molecule has 0 aliphatic heterocycles. The highest BCUT2D eigenvalue weighted by Crippen LogP contribution is 2.15. The lowest BCUT2D eigenvalue weighted by Crippen LogP contribution is -2.18. The van der Waals surface area contributed by atoms with E-state index in [1.165, 1.54) is 15.7 Å². The Bertz CT molecular complexity index is 1150. The maximum absolute atomic E-state index is 12.3. The fourth-order valence-electron chi connectivity index (χ4n) is 3.31. The number of aromatic nitrogens is 5. The van der Waals surface area contributed by atoms with Crippen molar-refractivity contribution in [1.82, 2.24) is 24.5 Å². The first-order chi connectivity index (χ1) is 13.6. The fourth-order valence-corrected chi connectivity index (χ4v) is 3.31. The van der Waals surface area contributed by atoms with Gasteiger partial charge < -0.3 is 10.7 Å². The number of fused-ring (bicyclic) bond motifs is 1. The SMILES string of the molecule is Cc1nc(N)c2[nH]c(=O)n(Cc3ccc(CCCc4ccccc4)cn3)c2n1. The van der Waals surface area contributed by atoms with Gasteiger partial charge in [-0.1, -0.05) is 36.4 Å². The average Bonchev–Trinajstić information content (AvgIpc) is 3.00. The number of aryl methyl sites for hydroxylation is 3. The largest absolute Gasteiger partial charge is 0.382 e. The molecule has 0 aliphatic carbocycles. The minimum absolute atomic E-state index is 0.268. The van der Waals surface area contributed by atoms with Crippen molar-refractivity contribution >= 4 is 17.0 Å². The number of pyridine rings is 1. The molecule has 7 heteroatoms. The Morgan fingerprint density at radius 2 is 1.82 bits per heavy atom. The van der Waals surface area contributed by atoms with Crippen LogP contribution in [0.25, 0.3) is 11.2 Å². The molecule has 3 aromatic heterocycles. The number of nitrogens with two attached hydrogens (primary N) is 1. The normalized spacial score (nSPS) is 11.2. The van der Waals surface area contributed by atoms with Gasteiger partial charge in [-0.05, 0) is 43.4 Å². The van der Waals surface area contributed by atoms with Gasteiger partial charge in [-0.2, -0.15) is 0 Å². The van der Waals surface area contributed by atoms with Crippen LogP contribution in [0.5, 0.6) is 0 Å². The number of nitrogens with one attached hydrogen (secondary N) is 1. The van der Waals surface area contributed by atoms with Crippen molar-refractivity contribution in [2.24, 2.45) is 0 Å². The molecular weight excluding hydrogens is 352 g/mol. The van der Waals surface area contributed by atoms with Gasteiger partial charge in [0.15, 0.2) is 11.5 Å². The van der Waals surface area contributed by atoms with E-state index in [0.29, 0.717) is 23.5 Å². The topological polar surface area (TPSA) is 102 Å². The molecule has 1 aromatic carbocycles. The second kappa shape index (κ2) is 7.64. The van der Waals surface area contributed by atoms with Gasteiger partial charge in [0.05, 0.1) is 12.2 Å². The van der Waals surface area contributed by atoms with Crippen LogP contribution in [-0.2, 0) is 19.4 Å². The van der Waals surface area contributed by atoms with Gasteiger partial charge in [-0.25, -0.2) is 14.8 Å². The molecule has 7 nitrogen and oxygen atoms in total. The monoisotopic (exact) mass is 374 g/mol. The number of hydrogen-bond donors (Lipinski definition) is 2. The Kier molecular flexibility index (Phi) is 4.89. The molecule has 0 atom stereocenters. The van der Waals surface area contributed by atoms with Crippen LogP contribution in [0.3, 0.4) is 0 Å². The summed E-state index contributed by atoms with van der Waals surface area (Å²) in [5.41, 5.74) is 9.93. The Labute approximate surface area is 162 Å². The molecule has 0 aliphatic rings. The number of nitrogens with zero attached hydrogens (tertiary/aromatic N) is 4. The standard InChI is InChI=1S/C21H22N6O/c1-14-24-19(22)18-20(25-14)27(21(28)26-18)13-17-11-10-16(12-23-17)9-5-8-15-6-3-2-4-7-15/h2-4,6-7,10-12H,5,8-9,13H2,1H3,(H,26,28)(H2,22,24,25). The zero-order valence-electron chi connectivity index (χ0n) is 15.7. The molecule has 0 saturated carbocycles. The third-order valence-corrected chi connectivity index (χ3v) is 4.74. The summed E-state index contributed by atoms with van der Waals surface area (Å²) in [4.78, 5) is 28.0. The highest BCUT2D eigenvalue weighted by atomic mass is 16.1. The average molecular weight is 374 g/mol. The zero-order chi connectivity index (χ0) is 19.5. The zero-order valence-corrected chi connectivity index (χ0v) is 15.7. The van der Waals surface area contributed by atoms with E-state index in [2.05, 4.69) is 50.3 Å². The van der Waals surface area contributed by atoms with Crippen LogP contribution in [0.2, 0.25) is 0 Å². The third-order valence-electron chi connectivity index (χ3n) is 4.74. The second-order valence-corrected chi connectivity index (χ2v) is 6.87. The summed E-state index contributed by atoms with van der Waals surface area (Å²) in [6.45, 7) is 2.08. The summed E-state index contributed by atoms with van der Waals surface area (Å²) in [6, 6.07) is 14.5. The van der Waals surface area contributed by atoms with E-state index in [4.69, 9.17) is 5.73 Å². The molecule has 0 radical (unpaired) electrons. The van der Waals surface area contributed by atoms with Crippen LogP contribution in [0.15, 0.2) is 53.5 Å². The summed E-state index contributed by atoms with van der Waals surface area (Å²) < 4.78 is 1.54. The minimum atomic E-state index is -0.268. The smallest absolute Gasteiger partial charge is 0.328 e. The van der Waals surface area contributed by atoms with Crippen molar-refractivity contribution in [3.8, 4) is 0 Å². The molecular formula is C21H22N6O. The van der Waals surface area contributed by atoms with Crippen LogP contribution in [-0.4, -0.2) is 24.5 Å². The Balaban J connectivity index is 1.46. The number of imidazole rings is 1. The quantitative estimate of drug-likeness (QED) is 0.540. The summed E-state index contributed by atoms with van der Waals surface area (Å²) in [6.07, 6.45) is 4.98. The highest BCUT2D eigenvalue weighted by Gasteiger charge is 2.13. The molecule has 0 bridgehead atoms. The number of benzene rings is 1. The first-order valence-electron chi connectivity index (χ1n) is 9.30. The van der Waals surface area contributed by atoms with E-state index in [-0.39, 0.29) is 11.5 Å². The maximum Gasteiger partial charge on any atom is 0.328 e. The predicted octanol–water partition coefficient (Wildman–Crippen LogP) is 2.63. The summed E-state index contributed by atoms with van der Waals surface area (Å²) in [5.74, 6) is 0.805. The summed E-state index contributed by atoms with van der Waals surface area (Å²) in [7, 11) is 0. The summed E-state index contributed by atoms with van der Waals surface area (Å²) >= 11 is 0. The number of H-pyrrole nitrogens is 1. The van der Waals surface area contributed by atoms with Crippen LogP contribution in [0, 0.1) is 6.92 Å². The molecule has 0 fully saturated rings. The molecule has 0 spiro atoms. The predicted molar refractivity (Wildman–Crippen MR) is 109 cm³/mol. The maximum atomic E-state index is 12.3. The van der Waals surface area contributed by atoms with Crippen molar-refractivity contribution in [3.63, 3.8) is 0 Å². The first-order valence-corrected chi connectivity index (χ1v) is 9.30. The van der Waals surface area contributed by atoms with Crippen molar-refractivity contribution in [2.45, 2.75) is 32.7 Å². The Morgan fingerprint density at radius 3 is 2.57 bits per heavy atom. The molecule has 3 heterocycles. The van der Waals surface area contributed by atoms with E-state index >= 15 is 0 Å². The number of rotatable bonds is 6. The molecule has 0 saturated heterocycles. The van der Waals surface area contributed by atoms with Gasteiger partial charge in [0.1, 0.15) is 11.3 Å². The number of hydrogen-bond acceptors (Lipinski definition) is 5. The van der Waals surface area contributed by atoms with Crippen LogP contribution >= 0.6 is 0 Å². The molecule has 0 amide bonds. The lowest BCUT2D eigenvalue weighted by Gasteiger charge is -2.06. The summed E-state index contributed by atoms with van der Waals surface area (Å²) in [5, 5.41) is 0. The van der Waals surface area contributed by atoms with E-state index < -0.39 is 0 Å². The third kappa shape index (κ3) is 3.78. The Morgan fingerprint density at radius 1 is 1.04 bits per heavy atom. The number of aromatic amines is 1. The Hall–Kier alpha value is -3.48. The lowest BCUT2D eigenvalue weighted by atomic mass is 10.1.